The quantitative estimate of drug-likeness (QED) is 0.785. The van der Waals surface area contributed by atoms with Crippen LogP contribution in [0.3, 0.4) is 0 Å². The number of rotatable bonds is 4. The number of ketones is 1. The molecule has 0 bridgehead atoms. The fourth-order valence-electron chi connectivity index (χ4n) is 1.70. The molecule has 3 nitrogen and oxygen atoms in total. The summed E-state index contributed by atoms with van der Waals surface area (Å²) in [6, 6.07) is 2.08. The first-order valence-electron chi connectivity index (χ1n) is 5.83. The normalized spacial score (nSPS) is 11.8. The van der Waals surface area contributed by atoms with Gasteiger partial charge in [0.15, 0.2) is 0 Å². The summed E-state index contributed by atoms with van der Waals surface area (Å²) in [6.45, 7) is 7.92. The highest BCUT2D eigenvalue weighted by atomic mass is 16.1. The highest BCUT2D eigenvalue weighted by molar-refractivity contribution is 5.83. The monoisotopic (exact) mass is 222 g/mol. The van der Waals surface area contributed by atoms with E-state index in [9.17, 15) is 4.79 Å². The van der Waals surface area contributed by atoms with E-state index in [1.807, 2.05) is 39.4 Å². The molecule has 16 heavy (non-hydrogen) atoms. The molecule has 0 N–H and O–H groups in total. The van der Waals surface area contributed by atoms with Crippen LogP contribution in [0.4, 0.5) is 0 Å². The Labute approximate surface area is 97.8 Å². The highest BCUT2D eigenvalue weighted by Gasteiger charge is 2.20. The van der Waals surface area contributed by atoms with Gasteiger partial charge in [-0.25, -0.2) is 0 Å². The van der Waals surface area contributed by atoms with Gasteiger partial charge in [-0.3, -0.25) is 9.48 Å². The van der Waals surface area contributed by atoms with E-state index in [0.717, 1.165) is 18.5 Å². The maximum absolute atomic E-state index is 11.7. The third-order valence-corrected chi connectivity index (χ3v) is 2.77. The van der Waals surface area contributed by atoms with Gasteiger partial charge in [-0.15, -0.1) is 0 Å². The second kappa shape index (κ2) is 4.81. The van der Waals surface area contributed by atoms with Gasteiger partial charge in [0.1, 0.15) is 5.78 Å². The molecule has 0 amide bonds. The Kier molecular flexibility index (Phi) is 3.89. The van der Waals surface area contributed by atoms with E-state index in [1.165, 1.54) is 5.69 Å². The molecular formula is C13H22N2O. The predicted octanol–water partition coefficient (Wildman–Crippen LogP) is 2.67. The number of carbonyl (C=O) groups excluding carboxylic acids is 1. The third kappa shape index (κ3) is 3.47. The van der Waals surface area contributed by atoms with E-state index in [4.69, 9.17) is 0 Å². The maximum atomic E-state index is 11.7. The molecule has 90 valence electrons. The zero-order valence-corrected chi connectivity index (χ0v) is 11.0. The molecule has 0 unspecified atom stereocenters. The summed E-state index contributed by atoms with van der Waals surface area (Å²) in [7, 11) is 1.95. The minimum Gasteiger partial charge on any atom is -0.299 e. The van der Waals surface area contributed by atoms with Gasteiger partial charge in [0, 0.05) is 24.6 Å². The lowest BCUT2D eigenvalue weighted by molar-refractivity contribution is -0.126. The zero-order chi connectivity index (χ0) is 12.3. The lowest BCUT2D eigenvalue weighted by atomic mass is 9.88. The molecule has 3 heteroatoms. The van der Waals surface area contributed by atoms with Crippen LogP contribution in [-0.4, -0.2) is 15.6 Å². The largest absolute Gasteiger partial charge is 0.299 e. The molecular weight excluding hydrogens is 200 g/mol. The van der Waals surface area contributed by atoms with Gasteiger partial charge < -0.3 is 0 Å². The molecule has 0 atom stereocenters. The Bertz CT molecular complexity index is 372. The van der Waals surface area contributed by atoms with Crippen LogP contribution in [0.5, 0.6) is 0 Å². The summed E-state index contributed by atoms with van der Waals surface area (Å²) in [6.07, 6.45) is 2.50. The van der Waals surface area contributed by atoms with Crippen molar-refractivity contribution in [1.82, 2.24) is 9.78 Å². The minimum absolute atomic E-state index is 0.206. The summed E-state index contributed by atoms with van der Waals surface area (Å²) >= 11 is 0. The van der Waals surface area contributed by atoms with Crippen molar-refractivity contribution in [2.75, 3.05) is 0 Å². The fourth-order valence-corrected chi connectivity index (χ4v) is 1.70. The molecule has 0 saturated heterocycles. The molecule has 0 aliphatic heterocycles. The number of nitrogens with zero attached hydrogens (tertiary/aromatic N) is 2. The van der Waals surface area contributed by atoms with Gasteiger partial charge in [0.25, 0.3) is 0 Å². The zero-order valence-electron chi connectivity index (χ0n) is 11.0. The number of hydrogen-bond donors (Lipinski definition) is 0. The van der Waals surface area contributed by atoms with Crippen LogP contribution in [-0.2, 0) is 18.3 Å². The number of aromatic nitrogens is 2. The van der Waals surface area contributed by atoms with Crippen LogP contribution in [0, 0.1) is 12.3 Å². The lowest BCUT2D eigenvalue weighted by Crippen LogP contribution is -2.19. The Morgan fingerprint density at radius 3 is 2.50 bits per heavy atom. The summed E-state index contributed by atoms with van der Waals surface area (Å²) in [5.41, 5.74) is 2.04. The first-order chi connectivity index (χ1) is 7.30. The van der Waals surface area contributed by atoms with Crippen LogP contribution >= 0.6 is 0 Å². The molecule has 0 saturated carbocycles. The Morgan fingerprint density at radius 1 is 1.44 bits per heavy atom. The van der Waals surface area contributed by atoms with Crippen molar-refractivity contribution in [2.24, 2.45) is 12.5 Å². The summed E-state index contributed by atoms with van der Waals surface area (Å²) < 4.78 is 1.90. The van der Waals surface area contributed by atoms with E-state index in [2.05, 4.69) is 11.2 Å². The molecule has 1 aromatic heterocycles. The number of carbonyl (C=O) groups is 1. The highest BCUT2D eigenvalue weighted by Crippen LogP contribution is 2.18. The van der Waals surface area contributed by atoms with Gasteiger partial charge in [-0.2, -0.15) is 5.10 Å². The molecule has 0 aromatic carbocycles. The Morgan fingerprint density at radius 2 is 2.06 bits per heavy atom. The smallest absolute Gasteiger partial charge is 0.138 e. The number of aryl methyl sites for hydroxylation is 3. The van der Waals surface area contributed by atoms with Crippen LogP contribution in [0.2, 0.25) is 0 Å². The predicted molar refractivity (Wildman–Crippen MR) is 65.3 cm³/mol. The van der Waals surface area contributed by atoms with Crippen LogP contribution < -0.4 is 0 Å². The van der Waals surface area contributed by atoms with Crippen LogP contribution in [0.25, 0.3) is 0 Å². The first-order valence-corrected chi connectivity index (χ1v) is 5.83. The van der Waals surface area contributed by atoms with Gasteiger partial charge in [0.2, 0.25) is 0 Å². The molecule has 0 aliphatic carbocycles. The summed E-state index contributed by atoms with van der Waals surface area (Å²) in [5.74, 6) is 0.339. The van der Waals surface area contributed by atoms with Crippen molar-refractivity contribution < 1.29 is 4.79 Å². The molecule has 1 aromatic rings. The average Bonchev–Trinajstić information content (AvgIpc) is 2.43. The Hall–Kier alpha value is -1.12. The van der Waals surface area contributed by atoms with E-state index in [1.54, 1.807) is 0 Å². The Balaban J connectivity index is 2.42. The molecule has 1 heterocycles. The van der Waals surface area contributed by atoms with Crippen molar-refractivity contribution >= 4 is 5.78 Å². The minimum atomic E-state index is -0.206. The topological polar surface area (TPSA) is 34.9 Å². The molecule has 0 radical (unpaired) electrons. The van der Waals surface area contributed by atoms with Crippen molar-refractivity contribution in [3.8, 4) is 0 Å². The van der Waals surface area contributed by atoms with E-state index >= 15 is 0 Å². The summed E-state index contributed by atoms with van der Waals surface area (Å²) in [5, 5.41) is 4.29. The third-order valence-electron chi connectivity index (χ3n) is 2.77. The molecule has 0 spiro atoms. The van der Waals surface area contributed by atoms with Gasteiger partial charge in [-0.1, -0.05) is 20.8 Å². The van der Waals surface area contributed by atoms with Gasteiger partial charge in [-0.05, 0) is 25.8 Å². The SMILES string of the molecule is Cc1cc(CCCC(=O)C(C)(C)C)n(C)n1. The second-order valence-electron chi connectivity index (χ2n) is 5.43. The van der Waals surface area contributed by atoms with Crippen molar-refractivity contribution in [3.63, 3.8) is 0 Å². The molecule has 0 aliphatic rings. The standard InChI is InChI=1S/C13H22N2O/c1-10-9-11(15(5)14-10)7-6-8-12(16)13(2,3)4/h9H,6-8H2,1-5H3. The second-order valence-corrected chi connectivity index (χ2v) is 5.43. The van der Waals surface area contributed by atoms with Gasteiger partial charge in [0.05, 0.1) is 5.69 Å². The van der Waals surface area contributed by atoms with Crippen molar-refractivity contribution in [3.05, 3.63) is 17.5 Å². The van der Waals surface area contributed by atoms with E-state index in [0.29, 0.717) is 12.2 Å². The molecule has 1 rings (SSSR count). The first kappa shape index (κ1) is 12.9. The van der Waals surface area contributed by atoms with E-state index < -0.39 is 0 Å². The fraction of sp³-hybridized carbons (Fsp3) is 0.692. The lowest BCUT2D eigenvalue weighted by Gasteiger charge is -2.16. The van der Waals surface area contributed by atoms with Crippen LogP contribution in [0.15, 0.2) is 6.07 Å². The summed E-state index contributed by atoms with van der Waals surface area (Å²) in [4.78, 5) is 11.7. The van der Waals surface area contributed by atoms with E-state index in [-0.39, 0.29) is 5.41 Å². The number of hydrogen-bond acceptors (Lipinski definition) is 2. The number of Topliss-reactive ketones (excluding diaryl/α,β-unsaturated/α-hetero) is 1. The van der Waals surface area contributed by atoms with Crippen LogP contribution in [0.1, 0.15) is 45.0 Å². The maximum Gasteiger partial charge on any atom is 0.138 e. The van der Waals surface area contributed by atoms with Gasteiger partial charge >= 0.3 is 0 Å². The molecule has 0 fully saturated rings. The average molecular weight is 222 g/mol. The van der Waals surface area contributed by atoms with Crippen molar-refractivity contribution in [2.45, 2.75) is 47.0 Å². The van der Waals surface area contributed by atoms with Crippen molar-refractivity contribution in [1.29, 1.82) is 0 Å².